The highest BCUT2D eigenvalue weighted by Crippen LogP contribution is 2.30. The summed E-state index contributed by atoms with van der Waals surface area (Å²) in [6, 6.07) is 2.68. The van der Waals surface area contributed by atoms with Crippen molar-refractivity contribution in [3.05, 3.63) is 48.6 Å². The molecular formula is C18H30OSi2. The molecule has 0 amide bonds. The summed E-state index contributed by atoms with van der Waals surface area (Å²) in [6.07, 6.45) is 23.6. The van der Waals surface area contributed by atoms with Crippen molar-refractivity contribution in [3.8, 4) is 0 Å². The van der Waals surface area contributed by atoms with Gasteiger partial charge in [0, 0.05) is 11.1 Å². The molecule has 0 aromatic rings. The highest BCUT2D eigenvalue weighted by molar-refractivity contribution is 6.69. The minimum atomic E-state index is -1.14. The minimum absolute atomic E-state index is 0.641. The predicted octanol–water partition coefficient (Wildman–Crippen LogP) is 5.04. The zero-order valence-corrected chi connectivity index (χ0v) is 15.9. The summed E-state index contributed by atoms with van der Waals surface area (Å²) < 4.78 is 6.90. The second-order valence-corrected chi connectivity index (χ2v) is 12.1. The molecule has 0 fully saturated rings. The van der Waals surface area contributed by atoms with E-state index in [9.17, 15) is 0 Å². The fraction of sp³-hybridized carbons (Fsp3) is 0.556. The normalized spacial score (nSPS) is 20.7. The Bertz CT molecular complexity index is 349. The maximum Gasteiger partial charge on any atom is 0.173 e. The minimum Gasteiger partial charge on any atom is -0.458 e. The number of rotatable bonds is 10. The molecule has 1 nitrogen and oxygen atoms in total. The molecule has 2 rings (SSSR count). The maximum atomic E-state index is 6.90. The zero-order chi connectivity index (χ0) is 14.9. The molecular weight excluding hydrogens is 288 g/mol. The zero-order valence-electron chi connectivity index (χ0n) is 13.6. The first kappa shape index (κ1) is 16.7. The van der Waals surface area contributed by atoms with E-state index in [1.54, 1.807) is 0 Å². The van der Waals surface area contributed by atoms with Crippen LogP contribution in [0.5, 0.6) is 0 Å². The molecule has 0 spiro atoms. The van der Waals surface area contributed by atoms with Gasteiger partial charge in [0.15, 0.2) is 18.1 Å². The van der Waals surface area contributed by atoms with Gasteiger partial charge in [-0.2, -0.15) is 0 Å². The molecule has 0 aromatic heterocycles. The monoisotopic (exact) mass is 318 g/mol. The molecule has 0 N–H and O–H groups in total. The van der Waals surface area contributed by atoms with Gasteiger partial charge in [-0.3, -0.25) is 0 Å². The van der Waals surface area contributed by atoms with Crippen LogP contribution in [0.1, 0.15) is 39.5 Å². The van der Waals surface area contributed by atoms with Gasteiger partial charge in [-0.25, -0.2) is 0 Å². The summed E-state index contributed by atoms with van der Waals surface area (Å²) in [4.78, 5) is 0. The molecule has 21 heavy (non-hydrogen) atoms. The molecule has 3 heteroatoms. The van der Waals surface area contributed by atoms with Crippen molar-refractivity contribution < 1.29 is 4.12 Å². The Hall–Kier alpha value is -0.646. The van der Waals surface area contributed by atoms with E-state index >= 15 is 0 Å². The lowest BCUT2D eigenvalue weighted by atomic mass is 10.4. The lowest BCUT2D eigenvalue weighted by Crippen LogP contribution is -2.34. The van der Waals surface area contributed by atoms with E-state index in [1.807, 2.05) is 0 Å². The van der Waals surface area contributed by atoms with E-state index in [0.29, 0.717) is 11.1 Å². The second kappa shape index (κ2) is 9.39. The molecule has 0 aliphatic heterocycles. The average molecular weight is 319 g/mol. The lowest BCUT2D eigenvalue weighted by molar-refractivity contribution is 0.554. The molecule has 0 radical (unpaired) electrons. The summed E-state index contributed by atoms with van der Waals surface area (Å²) in [6.45, 7) is 4.58. The highest BCUT2D eigenvalue weighted by Gasteiger charge is 2.29. The van der Waals surface area contributed by atoms with Crippen molar-refractivity contribution >= 4 is 18.1 Å². The van der Waals surface area contributed by atoms with Gasteiger partial charge in [0.2, 0.25) is 0 Å². The standard InChI is InChI=1S/C18H30OSi2/c1-3-5-15-20(17-11-7-8-12-17)19-21(16-6-4-2)18-13-9-10-14-18/h7-14,17-18,20-21H,3-6,15-16H2,1-2H3. The van der Waals surface area contributed by atoms with Gasteiger partial charge >= 0.3 is 0 Å². The van der Waals surface area contributed by atoms with Gasteiger partial charge in [-0.15, -0.1) is 0 Å². The van der Waals surface area contributed by atoms with Gasteiger partial charge in [0.1, 0.15) is 0 Å². The van der Waals surface area contributed by atoms with Crippen LogP contribution in [-0.2, 0) is 4.12 Å². The first-order valence-electron chi connectivity index (χ1n) is 8.70. The number of unbranched alkanes of at least 4 members (excludes halogenated alkanes) is 2. The molecule has 0 heterocycles. The third kappa shape index (κ3) is 5.24. The van der Waals surface area contributed by atoms with Crippen LogP contribution < -0.4 is 0 Å². The molecule has 2 aliphatic rings. The summed E-state index contributed by atoms with van der Waals surface area (Å²) in [5.41, 5.74) is 1.28. The third-order valence-electron chi connectivity index (χ3n) is 4.45. The number of hydrogen-bond donors (Lipinski definition) is 0. The van der Waals surface area contributed by atoms with Crippen LogP contribution in [0.2, 0.25) is 23.2 Å². The van der Waals surface area contributed by atoms with Crippen LogP contribution in [0.4, 0.5) is 0 Å². The van der Waals surface area contributed by atoms with Gasteiger partial charge in [0.05, 0.1) is 0 Å². The topological polar surface area (TPSA) is 9.23 Å². The molecule has 2 unspecified atom stereocenters. The van der Waals surface area contributed by atoms with Crippen LogP contribution in [-0.4, -0.2) is 18.1 Å². The van der Waals surface area contributed by atoms with Crippen molar-refractivity contribution in [2.75, 3.05) is 0 Å². The van der Waals surface area contributed by atoms with Crippen LogP contribution in [0, 0.1) is 0 Å². The first-order chi connectivity index (χ1) is 10.3. The first-order valence-corrected chi connectivity index (χ1v) is 12.6. The van der Waals surface area contributed by atoms with E-state index in [0.717, 1.165) is 0 Å². The van der Waals surface area contributed by atoms with Crippen molar-refractivity contribution in [2.45, 2.75) is 62.7 Å². The van der Waals surface area contributed by atoms with Gasteiger partial charge in [0.25, 0.3) is 0 Å². The largest absolute Gasteiger partial charge is 0.458 e. The SMILES string of the molecule is CCCC[SiH](O[SiH](CCCC)C1C=CC=C1)C1C=CC=C1. The van der Waals surface area contributed by atoms with E-state index < -0.39 is 18.1 Å². The van der Waals surface area contributed by atoms with Gasteiger partial charge < -0.3 is 4.12 Å². The average Bonchev–Trinajstić information content (AvgIpc) is 3.19. The fourth-order valence-corrected chi connectivity index (χ4v) is 11.4. The Labute approximate surface area is 133 Å². The molecule has 2 atom stereocenters. The number of hydrogen-bond acceptors (Lipinski definition) is 1. The molecule has 0 bridgehead atoms. The van der Waals surface area contributed by atoms with E-state index in [2.05, 4.69) is 62.5 Å². The van der Waals surface area contributed by atoms with E-state index in [1.165, 1.54) is 37.8 Å². The lowest BCUT2D eigenvalue weighted by Gasteiger charge is -2.28. The predicted molar refractivity (Wildman–Crippen MR) is 98.9 cm³/mol. The quantitative estimate of drug-likeness (QED) is 0.513. The summed E-state index contributed by atoms with van der Waals surface area (Å²) in [5, 5.41) is 0. The molecule has 0 saturated carbocycles. The Morgan fingerprint density at radius 1 is 0.714 bits per heavy atom. The third-order valence-corrected chi connectivity index (χ3v) is 11.8. The molecule has 116 valence electrons. The van der Waals surface area contributed by atoms with Crippen molar-refractivity contribution in [3.63, 3.8) is 0 Å². The van der Waals surface area contributed by atoms with Gasteiger partial charge in [-0.1, -0.05) is 88.1 Å². The molecule has 0 aromatic carbocycles. The Morgan fingerprint density at radius 2 is 1.10 bits per heavy atom. The van der Waals surface area contributed by atoms with Crippen LogP contribution in [0.25, 0.3) is 0 Å². The van der Waals surface area contributed by atoms with E-state index in [-0.39, 0.29) is 0 Å². The maximum absolute atomic E-state index is 6.90. The Balaban J connectivity index is 1.98. The summed E-state index contributed by atoms with van der Waals surface area (Å²) >= 11 is 0. The number of allylic oxidation sites excluding steroid dienone is 8. The van der Waals surface area contributed by atoms with Crippen LogP contribution >= 0.6 is 0 Å². The summed E-state index contributed by atoms with van der Waals surface area (Å²) in [5.74, 6) is 0. The Kier molecular flexibility index (Phi) is 7.47. The smallest absolute Gasteiger partial charge is 0.173 e. The summed E-state index contributed by atoms with van der Waals surface area (Å²) in [7, 11) is -2.28. The molecule has 0 saturated heterocycles. The highest BCUT2D eigenvalue weighted by atomic mass is 28.4. The fourth-order valence-electron chi connectivity index (χ4n) is 3.13. The second-order valence-electron chi connectivity index (χ2n) is 6.19. The van der Waals surface area contributed by atoms with Crippen molar-refractivity contribution in [1.82, 2.24) is 0 Å². The van der Waals surface area contributed by atoms with E-state index in [4.69, 9.17) is 4.12 Å². The van der Waals surface area contributed by atoms with Crippen LogP contribution in [0.3, 0.4) is 0 Å². The Morgan fingerprint density at radius 3 is 1.43 bits per heavy atom. The van der Waals surface area contributed by atoms with Crippen molar-refractivity contribution in [2.24, 2.45) is 0 Å². The van der Waals surface area contributed by atoms with Crippen molar-refractivity contribution in [1.29, 1.82) is 0 Å². The van der Waals surface area contributed by atoms with Gasteiger partial charge in [-0.05, 0) is 12.1 Å². The van der Waals surface area contributed by atoms with Crippen LogP contribution in [0.15, 0.2) is 48.6 Å². The molecule has 2 aliphatic carbocycles.